The van der Waals surface area contributed by atoms with Crippen LogP contribution in [0.25, 0.3) is 0 Å². The normalized spacial score (nSPS) is 12.5. The summed E-state index contributed by atoms with van der Waals surface area (Å²) < 4.78 is 0.891. The van der Waals surface area contributed by atoms with Gasteiger partial charge in [-0.3, -0.25) is 9.79 Å². The second-order valence-electron chi connectivity index (χ2n) is 5.56. The van der Waals surface area contributed by atoms with E-state index in [-0.39, 0.29) is 5.91 Å². The first-order chi connectivity index (χ1) is 12.1. The maximum Gasteiger partial charge on any atom is 0.251 e. The highest BCUT2D eigenvalue weighted by Crippen LogP contribution is 2.19. The van der Waals surface area contributed by atoms with Crippen molar-refractivity contribution in [3.05, 3.63) is 56.7 Å². The molecule has 0 aliphatic heterocycles. The minimum atomic E-state index is -0.0858. The fraction of sp³-hybridized carbons (Fsp3) is 0.333. The Hall–Kier alpha value is -1.86. The zero-order valence-electron chi connectivity index (χ0n) is 14.4. The number of guanidine groups is 1. The molecule has 134 valence electrons. The van der Waals surface area contributed by atoms with Crippen LogP contribution < -0.4 is 16.0 Å². The van der Waals surface area contributed by atoms with E-state index in [1.165, 1.54) is 4.88 Å². The third-order valence-corrected chi connectivity index (χ3v) is 5.22. The Bertz CT molecular complexity index is 703. The Balaban J connectivity index is 1.68. The van der Waals surface area contributed by atoms with E-state index < -0.39 is 0 Å². The second kappa shape index (κ2) is 10.2. The Morgan fingerprint density at radius 1 is 1.20 bits per heavy atom. The molecule has 0 saturated heterocycles. The number of aliphatic imine (C=N–C) groups is 1. The smallest absolute Gasteiger partial charge is 0.251 e. The predicted molar refractivity (Wildman–Crippen MR) is 109 cm³/mol. The van der Waals surface area contributed by atoms with Gasteiger partial charge in [-0.05, 0) is 29.6 Å². The van der Waals surface area contributed by atoms with E-state index >= 15 is 0 Å². The molecular weight excluding hydrogens is 400 g/mol. The van der Waals surface area contributed by atoms with Gasteiger partial charge in [0.15, 0.2) is 5.96 Å². The quantitative estimate of drug-likeness (QED) is 0.364. The number of carbonyl (C=O) groups is 1. The molecule has 2 rings (SSSR count). The Kier molecular flexibility index (Phi) is 7.94. The number of amides is 1. The molecule has 5 nitrogen and oxygen atoms in total. The van der Waals surface area contributed by atoms with Crippen molar-refractivity contribution in [3.8, 4) is 0 Å². The molecule has 0 aliphatic rings. The molecule has 7 heteroatoms. The number of hydrogen-bond acceptors (Lipinski definition) is 3. The van der Waals surface area contributed by atoms with Crippen molar-refractivity contribution in [1.82, 2.24) is 16.0 Å². The van der Waals surface area contributed by atoms with E-state index in [9.17, 15) is 4.79 Å². The Morgan fingerprint density at radius 2 is 2.00 bits per heavy atom. The zero-order valence-corrected chi connectivity index (χ0v) is 16.8. The van der Waals surface area contributed by atoms with E-state index in [4.69, 9.17) is 0 Å². The summed E-state index contributed by atoms with van der Waals surface area (Å²) in [7, 11) is 1.74. The summed E-state index contributed by atoms with van der Waals surface area (Å²) in [6.45, 7) is 4.12. The first-order valence-electron chi connectivity index (χ1n) is 8.12. The summed E-state index contributed by atoms with van der Waals surface area (Å²) in [5.41, 5.74) is 0.640. The molecule has 2 aromatic rings. The summed E-state index contributed by atoms with van der Waals surface area (Å²) in [6.07, 6.45) is 0. The third kappa shape index (κ3) is 6.51. The lowest BCUT2D eigenvalue weighted by atomic mass is 10.1. The van der Waals surface area contributed by atoms with E-state index in [0.29, 0.717) is 24.6 Å². The molecule has 1 aromatic carbocycles. The van der Waals surface area contributed by atoms with Crippen molar-refractivity contribution >= 4 is 39.1 Å². The lowest BCUT2D eigenvalue weighted by Crippen LogP contribution is -2.42. The molecule has 1 unspecified atom stereocenters. The van der Waals surface area contributed by atoms with Gasteiger partial charge in [0, 0.05) is 47.5 Å². The number of halogens is 1. The van der Waals surface area contributed by atoms with Crippen LogP contribution in [0.2, 0.25) is 0 Å². The van der Waals surface area contributed by atoms with Gasteiger partial charge in [-0.15, -0.1) is 11.3 Å². The highest BCUT2D eigenvalue weighted by molar-refractivity contribution is 9.10. The molecule has 0 bridgehead atoms. The first kappa shape index (κ1) is 19.5. The Labute approximate surface area is 161 Å². The summed E-state index contributed by atoms with van der Waals surface area (Å²) in [4.78, 5) is 17.6. The van der Waals surface area contributed by atoms with E-state index in [2.05, 4.69) is 61.3 Å². The summed E-state index contributed by atoms with van der Waals surface area (Å²) >= 11 is 5.13. The average molecular weight is 423 g/mol. The van der Waals surface area contributed by atoms with Crippen LogP contribution in [-0.2, 0) is 0 Å². The van der Waals surface area contributed by atoms with Crippen molar-refractivity contribution in [1.29, 1.82) is 0 Å². The van der Waals surface area contributed by atoms with Gasteiger partial charge in [0.05, 0.1) is 0 Å². The monoisotopic (exact) mass is 422 g/mol. The van der Waals surface area contributed by atoms with Crippen LogP contribution in [-0.4, -0.2) is 38.5 Å². The van der Waals surface area contributed by atoms with Crippen molar-refractivity contribution in [3.63, 3.8) is 0 Å². The molecule has 1 atom stereocenters. The molecule has 3 N–H and O–H groups in total. The topological polar surface area (TPSA) is 65.5 Å². The number of nitrogens with one attached hydrogen (secondary N) is 3. The highest BCUT2D eigenvalue weighted by Gasteiger charge is 2.08. The minimum absolute atomic E-state index is 0.0858. The van der Waals surface area contributed by atoms with Crippen LogP contribution in [0.15, 0.2) is 51.2 Å². The molecule has 1 aromatic heterocycles. The van der Waals surface area contributed by atoms with Crippen molar-refractivity contribution in [2.24, 2.45) is 4.99 Å². The number of hydrogen-bond donors (Lipinski definition) is 3. The van der Waals surface area contributed by atoms with Crippen LogP contribution in [0.1, 0.15) is 28.1 Å². The van der Waals surface area contributed by atoms with Crippen LogP contribution in [0.4, 0.5) is 0 Å². The molecule has 25 heavy (non-hydrogen) atoms. The lowest BCUT2D eigenvalue weighted by molar-refractivity contribution is 0.0954. The maximum atomic E-state index is 12.1. The maximum absolute atomic E-state index is 12.1. The van der Waals surface area contributed by atoms with Gasteiger partial charge >= 0.3 is 0 Å². The molecule has 1 heterocycles. The lowest BCUT2D eigenvalue weighted by Gasteiger charge is -2.15. The molecule has 1 amide bonds. The number of rotatable bonds is 7. The van der Waals surface area contributed by atoms with Gasteiger partial charge < -0.3 is 16.0 Å². The van der Waals surface area contributed by atoms with E-state index in [1.54, 1.807) is 30.5 Å². The highest BCUT2D eigenvalue weighted by atomic mass is 79.9. The van der Waals surface area contributed by atoms with Gasteiger partial charge in [0.25, 0.3) is 5.91 Å². The number of nitrogens with zero attached hydrogens (tertiary/aromatic N) is 1. The number of thiophene rings is 1. The fourth-order valence-corrected chi connectivity index (χ4v) is 3.42. The van der Waals surface area contributed by atoms with Crippen molar-refractivity contribution in [2.45, 2.75) is 12.8 Å². The SMILES string of the molecule is CN=C(NCCNC(=O)c1cccc(Br)c1)NCC(C)c1cccs1. The fourth-order valence-electron chi connectivity index (χ4n) is 2.23. The van der Waals surface area contributed by atoms with E-state index in [1.807, 2.05) is 12.1 Å². The van der Waals surface area contributed by atoms with Crippen molar-refractivity contribution in [2.75, 3.05) is 26.7 Å². The molecule has 0 spiro atoms. The van der Waals surface area contributed by atoms with Gasteiger partial charge in [-0.1, -0.05) is 35.0 Å². The van der Waals surface area contributed by atoms with Gasteiger partial charge in [0.2, 0.25) is 0 Å². The second-order valence-corrected chi connectivity index (χ2v) is 7.46. The predicted octanol–water partition coefficient (Wildman–Crippen LogP) is 3.21. The molecule has 0 aliphatic carbocycles. The summed E-state index contributed by atoms with van der Waals surface area (Å²) in [5, 5.41) is 11.5. The van der Waals surface area contributed by atoms with Crippen LogP contribution in [0.3, 0.4) is 0 Å². The van der Waals surface area contributed by atoms with E-state index in [0.717, 1.165) is 17.0 Å². The number of carbonyl (C=O) groups excluding carboxylic acids is 1. The van der Waals surface area contributed by atoms with Crippen LogP contribution >= 0.6 is 27.3 Å². The van der Waals surface area contributed by atoms with Gasteiger partial charge in [0.1, 0.15) is 0 Å². The third-order valence-electron chi connectivity index (χ3n) is 3.62. The number of benzene rings is 1. The molecule has 0 radical (unpaired) electrons. The molecular formula is C18H23BrN4OS. The van der Waals surface area contributed by atoms with Crippen molar-refractivity contribution < 1.29 is 4.79 Å². The van der Waals surface area contributed by atoms with Crippen LogP contribution in [0, 0.1) is 0 Å². The molecule has 0 fully saturated rings. The molecule has 0 saturated carbocycles. The standard InChI is InChI=1S/C18H23BrN4OS/c1-13(16-7-4-10-25-16)12-23-18(20-2)22-9-8-21-17(24)14-5-3-6-15(19)11-14/h3-7,10-11,13H,8-9,12H2,1-2H3,(H,21,24)(H2,20,22,23). The van der Waals surface area contributed by atoms with Gasteiger partial charge in [-0.2, -0.15) is 0 Å². The minimum Gasteiger partial charge on any atom is -0.356 e. The summed E-state index contributed by atoms with van der Waals surface area (Å²) in [5.74, 6) is 1.08. The Morgan fingerprint density at radius 3 is 2.68 bits per heavy atom. The first-order valence-corrected chi connectivity index (χ1v) is 9.79. The largest absolute Gasteiger partial charge is 0.356 e. The van der Waals surface area contributed by atoms with Crippen LogP contribution in [0.5, 0.6) is 0 Å². The van der Waals surface area contributed by atoms with Gasteiger partial charge in [-0.25, -0.2) is 0 Å². The summed E-state index contributed by atoms with van der Waals surface area (Å²) in [6, 6.07) is 11.5. The average Bonchev–Trinajstić information content (AvgIpc) is 3.15. The zero-order chi connectivity index (χ0) is 18.1.